The van der Waals surface area contributed by atoms with Crippen molar-refractivity contribution >= 4 is 17.5 Å². The molecule has 130 valence electrons. The second-order valence-electron chi connectivity index (χ2n) is 6.25. The minimum Gasteiger partial charge on any atom is -0.379 e. The molecule has 1 aromatic rings. The summed E-state index contributed by atoms with van der Waals surface area (Å²) in [7, 11) is 0. The summed E-state index contributed by atoms with van der Waals surface area (Å²) < 4.78 is 18.2. The third-order valence-corrected chi connectivity index (χ3v) is 4.54. The summed E-state index contributed by atoms with van der Waals surface area (Å²) in [5.41, 5.74) is -0.479. The molecule has 0 radical (unpaired) electrons. The monoisotopic (exact) mass is 335 g/mol. The minimum absolute atomic E-state index is 0.227. The Bertz CT molecular complexity index is 596. The quantitative estimate of drug-likeness (QED) is 0.761. The number of morpholine rings is 1. The van der Waals surface area contributed by atoms with E-state index in [1.165, 1.54) is 24.3 Å². The van der Waals surface area contributed by atoms with Crippen LogP contribution in [0.1, 0.15) is 12.8 Å². The number of nitrogens with zero attached hydrogens (tertiary/aromatic N) is 1. The molecule has 1 saturated carbocycles. The van der Waals surface area contributed by atoms with Crippen molar-refractivity contribution in [3.63, 3.8) is 0 Å². The molecular weight excluding hydrogens is 313 g/mol. The lowest BCUT2D eigenvalue weighted by molar-refractivity contribution is -0.134. The first-order valence-corrected chi connectivity index (χ1v) is 8.26. The Hall–Kier alpha value is -1.99. The predicted molar refractivity (Wildman–Crippen MR) is 87.0 cm³/mol. The van der Waals surface area contributed by atoms with Crippen LogP contribution < -0.4 is 10.6 Å². The van der Waals surface area contributed by atoms with Gasteiger partial charge < -0.3 is 15.4 Å². The first-order chi connectivity index (χ1) is 11.6. The number of amides is 2. The smallest absolute Gasteiger partial charge is 0.240 e. The molecule has 0 unspecified atom stereocenters. The van der Waals surface area contributed by atoms with E-state index in [4.69, 9.17) is 4.74 Å². The number of rotatable bonds is 6. The minimum atomic E-state index is -0.973. The maximum atomic E-state index is 12.9. The molecule has 1 aliphatic heterocycles. The van der Waals surface area contributed by atoms with Gasteiger partial charge in [0.25, 0.3) is 0 Å². The molecule has 3 rings (SSSR count). The number of carbonyl (C=O) groups is 2. The number of hydrogen-bond donors (Lipinski definition) is 2. The molecule has 6 nitrogen and oxygen atoms in total. The van der Waals surface area contributed by atoms with Gasteiger partial charge in [-0.3, -0.25) is 14.5 Å². The molecule has 2 N–H and O–H groups in total. The molecule has 2 amide bonds. The summed E-state index contributed by atoms with van der Waals surface area (Å²) in [4.78, 5) is 27.0. The summed E-state index contributed by atoms with van der Waals surface area (Å²) in [5.74, 6) is -0.914. The summed E-state index contributed by atoms with van der Waals surface area (Å²) in [5, 5.41) is 5.57. The number of carbonyl (C=O) groups excluding carboxylic acids is 2. The number of anilines is 1. The van der Waals surface area contributed by atoms with E-state index in [9.17, 15) is 14.0 Å². The van der Waals surface area contributed by atoms with Crippen molar-refractivity contribution in [3.8, 4) is 0 Å². The van der Waals surface area contributed by atoms with Crippen molar-refractivity contribution in [3.05, 3.63) is 30.1 Å². The fourth-order valence-corrected chi connectivity index (χ4v) is 2.79. The van der Waals surface area contributed by atoms with Crippen LogP contribution in [0, 0.1) is 11.2 Å². The van der Waals surface area contributed by atoms with Crippen molar-refractivity contribution in [2.45, 2.75) is 12.8 Å². The first kappa shape index (κ1) is 16.9. The van der Waals surface area contributed by atoms with Crippen LogP contribution in [0.4, 0.5) is 10.1 Å². The SMILES string of the molecule is O=C(NCCN1CCOCC1)C1(C(=O)Nc2ccc(F)cc2)CC1. The van der Waals surface area contributed by atoms with Crippen LogP contribution in [0.3, 0.4) is 0 Å². The third kappa shape index (κ3) is 3.91. The molecule has 24 heavy (non-hydrogen) atoms. The van der Waals surface area contributed by atoms with Gasteiger partial charge in [0.15, 0.2) is 0 Å². The molecule has 0 aromatic heterocycles. The van der Waals surface area contributed by atoms with Crippen LogP contribution in [0.25, 0.3) is 0 Å². The van der Waals surface area contributed by atoms with Gasteiger partial charge in [-0.15, -0.1) is 0 Å². The van der Waals surface area contributed by atoms with Gasteiger partial charge in [-0.1, -0.05) is 0 Å². The van der Waals surface area contributed by atoms with Crippen LogP contribution in [0.2, 0.25) is 0 Å². The van der Waals surface area contributed by atoms with E-state index < -0.39 is 5.41 Å². The van der Waals surface area contributed by atoms with Crippen LogP contribution in [0.5, 0.6) is 0 Å². The van der Waals surface area contributed by atoms with E-state index in [-0.39, 0.29) is 17.6 Å². The number of benzene rings is 1. The average molecular weight is 335 g/mol. The Balaban J connectivity index is 1.48. The lowest BCUT2D eigenvalue weighted by Gasteiger charge is -2.26. The molecule has 0 spiro atoms. The van der Waals surface area contributed by atoms with E-state index in [0.29, 0.717) is 25.1 Å². The largest absolute Gasteiger partial charge is 0.379 e. The lowest BCUT2D eigenvalue weighted by atomic mass is 10.1. The van der Waals surface area contributed by atoms with Crippen molar-refractivity contribution in [1.29, 1.82) is 0 Å². The Kier molecular flexibility index (Phi) is 5.11. The number of halogens is 1. The lowest BCUT2D eigenvalue weighted by Crippen LogP contribution is -2.45. The molecule has 1 heterocycles. The van der Waals surface area contributed by atoms with Gasteiger partial charge in [-0.05, 0) is 37.1 Å². The number of ether oxygens (including phenoxy) is 1. The Morgan fingerprint density at radius 2 is 1.79 bits per heavy atom. The zero-order valence-electron chi connectivity index (χ0n) is 13.5. The molecule has 2 fully saturated rings. The van der Waals surface area contributed by atoms with Crippen LogP contribution in [0.15, 0.2) is 24.3 Å². The van der Waals surface area contributed by atoms with Crippen molar-refractivity contribution in [2.24, 2.45) is 5.41 Å². The van der Waals surface area contributed by atoms with Gasteiger partial charge in [-0.2, -0.15) is 0 Å². The molecular formula is C17H22FN3O3. The van der Waals surface area contributed by atoms with E-state index in [1.54, 1.807) is 0 Å². The van der Waals surface area contributed by atoms with Crippen LogP contribution in [-0.2, 0) is 14.3 Å². The normalized spacial score (nSPS) is 19.5. The fraction of sp³-hybridized carbons (Fsp3) is 0.529. The molecule has 7 heteroatoms. The molecule has 0 bridgehead atoms. The molecule has 0 atom stereocenters. The van der Waals surface area contributed by atoms with Crippen molar-refractivity contribution < 1.29 is 18.7 Å². The second-order valence-corrected chi connectivity index (χ2v) is 6.25. The zero-order valence-corrected chi connectivity index (χ0v) is 13.5. The zero-order chi connectivity index (χ0) is 17.0. The maximum absolute atomic E-state index is 12.9. The average Bonchev–Trinajstić information content (AvgIpc) is 3.40. The van der Waals surface area contributed by atoms with Gasteiger partial charge in [0, 0.05) is 31.9 Å². The predicted octanol–water partition coefficient (Wildman–Crippen LogP) is 0.993. The Morgan fingerprint density at radius 3 is 2.42 bits per heavy atom. The summed E-state index contributed by atoms with van der Waals surface area (Å²) in [6.07, 6.45) is 1.09. The third-order valence-electron chi connectivity index (χ3n) is 4.54. The van der Waals surface area contributed by atoms with Gasteiger partial charge in [0.2, 0.25) is 11.8 Å². The Morgan fingerprint density at radius 1 is 1.12 bits per heavy atom. The first-order valence-electron chi connectivity index (χ1n) is 8.26. The summed E-state index contributed by atoms with van der Waals surface area (Å²) in [6, 6.07) is 5.52. The van der Waals surface area contributed by atoms with Gasteiger partial charge >= 0.3 is 0 Å². The standard InChI is InChI=1S/C17H22FN3O3/c18-13-1-3-14(4-2-13)20-16(23)17(5-6-17)15(22)19-7-8-21-9-11-24-12-10-21/h1-4H,5-12H2,(H,19,22)(H,20,23). The summed E-state index contributed by atoms with van der Waals surface area (Å²) in [6.45, 7) is 4.45. The van der Waals surface area contributed by atoms with Gasteiger partial charge in [-0.25, -0.2) is 4.39 Å². The Labute approximate surface area is 140 Å². The topological polar surface area (TPSA) is 70.7 Å². The highest BCUT2D eigenvalue weighted by Crippen LogP contribution is 2.46. The van der Waals surface area contributed by atoms with Crippen molar-refractivity contribution in [2.75, 3.05) is 44.7 Å². The highest BCUT2D eigenvalue weighted by atomic mass is 19.1. The van der Waals surface area contributed by atoms with E-state index in [0.717, 1.165) is 32.8 Å². The fourth-order valence-electron chi connectivity index (χ4n) is 2.79. The second kappa shape index (κ2) is 7.27. The van der Waals surface area contributed by atoms with Gasteiger partial charge in [0.05, 0.1) is 13.2 Å². The molecule has 1 saturated heterocycles. The van der Waals surface area contributed by atoms with Crippen molar-refractivity contribution in [1.82, 2.24) is 10.2 Å². The number of nitrogens with one attached hydrogen (secondary N) is 2. The maximum Gasteiger partial charge on any atom is 0.240 e. The van der Waals surface area contributed by atoms with E-state index >= 15 is 0 Å². The highest BCUT2D eigenvalue weighted by molar-refractivity contribution is 6.13. The van der Waals surface area contributed by atoms with E-state index in [2.05, 4.69) is 15.5 Å². The van der Waals surface area contributed by atoms with E-state index in [1.807, 2.05) is 0 Å². The molecule has 1 aliphatic carbocycles. The highest BCUT2D eigenvalue weighted by Gasteiger charge is 2.56. The van der Waals surface area contributed by atoms with Crippen LogP contribution in [-0.4, -0.2) is 56.1 Å². The molecule has 1 aromatic carbocycles. The number of hydrogen-bond acceptors (Lipinski definition) is 4. The van der Waals surface area contributed by atoms with Gasteiger partial charge in [0.1, 0.15) is 11.2 Å². The summed E-state index contributed by atoms with van der Waals surface area (Å²) >= 11 is 0. The molecule has 2 aliphatic rings. The van der Waals surface area contributed by atoms with Crippen LogP contribution >= 0.6 is 0 Å².